The van der Waals surface area contributed by atoms with E-state index in [-0.39, 0.29) is 0 Å². The molecule has 58 heavy (non-hydrogen) atoms. The van der Waals surface area contributed by atoms with E-state index < -0.39 is 0 Å². The minimum Gasteiger partial charge on any atom is -0.294 e. The van der Waals surface area contributed by atoms with Crippen molar-refractivity contribution in [1.82, 2.24) is 18.9 Å². The van der Waals surface area contributed by atoms with Crippen LogP contribution in [0.1, 0.15) is 0 Å². The highest BCUT2D eigenvalue weighted by Gasteiger charge is 2.20. The third kappa shape index (κ3) is 5.09. The van der Waals surface area contributed by atoms with Gasteiger partial charge in [0.25, 0.3) is 0 Å². The lowest BCUT2D eigenvalue weighted by Gasteiger charge is -2.14. The molecule has 12 aromatic rings. The second kappa shape index (κ2) is 12.9. The van der Waals surface area contributed by atoms with E-state index in [9.17, 15) is 0 Å². The molecule has 0 spiro atoms. The molecule has 4 aromatic heterocycles. The van der Waals surface area contributed by atoms with Crippen molar-refractivity contribution in [2.24, 2.45) is 0 Å². The Hall–Kier alpha value is -7.82. The number of hydrogen-bond acceptors (Lipinski definition) is 2. The normalized spacial score (nSPS) is 11.8. The lowest BCUT2D eigenvalue weighted by atomic mass is 9.98. The van der Waals surface area contributed by atoms with Gasteiger partial charge < -0.3 is 0 Å². The highest BCUT2D eigenvalue weighted by Crippen LogP contribution is 2.40. The SMILES string of the molecule is c1ccc(-c2ccc(-c3cc(-c4ccc(-c5ccccc5)cc4)nc(-n4c5ccccc5c5cc6c(cc54)c4ccccc4c4nc5ccccc5n64)c3)cc2)cc1. The van der Waals surface area contributed by atoms with Crippen LogP contribution in [0.25, 0.3) is 111 Å². The summed E-state index contributed by atoms with van der Waals surface area (Å²) in [4.78, 5) is 10.7. The number of rotatable bonds is 5. The predicted molar refractivity (Wildman–Crippen MR) is 242 cm³/mol. The van der Waals surface area contributed by atoms with Crippen molar-refractivity contribution in [2.75, 3.05) is 0 Å². The fraction of sp³-hybridized carbons (Fsp3) is 0. The van der Waals surface area contributed by atoms with Crippen molar-refractivity contribution in [3.05, 3.63) is 206 Å². The summed E-state index contributed by atoms with van der Waals surface area (Å²) in [6, 6.07) is 73.8. The van der Waals surface area contributed by atoms with Crippen LogP contribution in [0.5, 0.6) is 0 Å². The van der Waals surface area contributed by atoms with Crippen molar-refractivity contribution < 1.29 is 0 Å². The Bertz CT molecular complexity index is 3420. The first-order valence-electron chi connectivity index (χ1n) is 19.7. The lowest BCUT2D eigenvalue weighted by Crippen LogP contribution is -2.00. The first kappa shape index (κ1) is 32.4. The van der Waals surface area contributed by atoms with Gasteiger partial charge in [-0.1, -0.05) is 164 Å². The Kier molecular flexibility index (Phi) is 7.20. The molecule has 4 heterocycles. The van der Waals surface area contributed by atoms with Gasteiger partial charge in [0, 0.05) is 27.1 Å². The molecule has 0 saturated heterocycles. The van der Waals surface area contributed by atoms with E-state index in [2.05, 4.69) is 215 Å². The molecule has 0 unspecified atom stereocenters. The zero-order valence-electron chi connectivity index (χ0n) is 31.4. The van der Waals surface area contributed by atoms with Crippen LogP contribution >= 0.6 is 0 Å². The van der Waals surface area contributed by atoms with Crippen LogP contribution in [0.2, 0.25) is 0 Å². The number of pyridine rings is 2. The lowest BCUT2D eigenvalue weighted by molar-refractivity contribution is 1.08. The van der Waals surface area contributed by atoms with Gasteiger partial charge in [-0.3, -0.25) is 8.97 Å². The molecule has 0 aliphatic rings. The number of fused-ring (bicyclic) bond motifs is 11. The van der Waals surface area contributed by atoms with Crippen molar-refractivity contribution in [3.63, 3.8) is 0 Å². The quantitative estimate of drug-likeness (QED) is 0.165. The van der Waals surface area contributed by atoms with E-state index in [1.54, 1.807) is 0 Å². The maximum atomic E-state index is 5.51. The molecule has 8 aromatic carbocycles. The average Bonchev–Trinajstić information content (AvgIpc) is 3.85. The zero-order chi connectivity index (χ0) is 38.2. The van der Waals surface area contributed by atoms with Gasteiger partial charge in [-0.25, -0.2) is 9.97 Å². The summed E-state index contributed by atoms with van der Waals surface area (Å²) in [5.74, 6) is 0.871. The molecule has 4 heteroatoms. The van der Waals surface area contributed by atoms with Gasteiger partial charge >= 0.3 is 0 Å². The minimum absolute atomic E-state index is 0.871. The van der Waals surface area contributed by atoms with E-state index in [0.717, 1.165) is 66.8 Å². The summed E-state index contributed by atoms with van der Waals surface area (Å²) < 4.78 is 4.70. The molecule has 0 N–H and O–H groups in total. The largest absolute Gasteiger partial charge is 0.294 e. The number of benzene rings is 8. The van der Waals surface area contributed by atoms with Gasteiger partial charge in [0.05, 0.1) is 33.3 Å². The van der Waals surface area contributed by atoms with E-state index in [4.69, 9.17) is 9.97 Å². The molecule has 0 amide bonds. The second-order valence-corrected chi connectivity index (χ2v) is 15.0. The van der Waals surface area contributed by atoms with Crippen LogP contribution in [0.3, 0.4) is 0 Å². The predicted octanol–water partition coefficient (Wildman–Crippen LogP) is 14.0. The summed E-state index contributed by atoms with van der Waals surface area (Å²) in [6.07, 6.45) is 0. The van der Waals surface area contributed by atoms with Crippen LogP contribution < -0.4 is 0 Å². The zero-order valence-corrected chi connectivity index (χ0v) is 31.4. The Morgan fingerprint density at radius 2 is 0.793 bits per heavy atom. The Labute approximate surface area is 334 Å². The molecule has 0 radical (unpaired) electrons. The molecule has 12 rings (SSSR count). The van der Waals surface area contributed by atoms with E-state index >= 15 is 0 Å². The molecule has 4 nitrogen and oxygen atoms in total. The monoisotopic (exact) mass is 738 g/mol. The second-order valence-electron chi connectivity index (χ2n) is 15.0. The van der Waals surface area contributed by atoms with Gasteiger partial charge in [-0.05, 0) is 81.2 Å². The summed E-state index contributed by atoms with van der Waals surface area (Å²) in [7, 11) is 0. The van der Waals surface area contributed by atoms with Gasteiger partial charge in [0.1, 0.15) is 11.5 Å². The molecular weight excluding hydrogens is 705 g/mol. The van der Waals surface area contributed by atoms with Gasteiger partial charge in [-0.2, -0.15) is 0 Å². The first-order valence-corrected chi connectivity index (χ1v) is 19.7. The van der Waals surface area contributed by atoms with Crippen molar-refractivity contribution >= 4 is 60.2 Å². The Morgan fingerprint density at radius 1 is 0.293 bits per heavy atom. The molecule has 0 fully saturated rings. The molecule has 0 atom stereocenters. The summed E-state index contributed by atoms with van der Waals surface area (Å²) in [6.45, 7) is 0. The molecule has 0 saturated carbocycles. The van der Waals surface area contributed by atoms with Gasteiger partial charge in [0.2, 0.25) is 0 Å². The smallest absolute Gasteiger partial charge is 0.146 e. The standard InChI is InChI=1S/C54H34N4/c1-3-13-35(14-4-1)37-23-25-39(26-24-37)41-31-48(40-29-27-38(28-30-40)36-15-5-2-6-16-36)55-53(32-41)57-49-21-11-9-18-43(49)46-34-52-45(33-51(46)57)42-17-7-8-19-44(42)54-56-47-20-10-12-22-50(47)58(52)54/h1-34H. The number of aromatic nitrogens is 4. The van der Waals surface area contributed by atoms with E-state index in [1.807, 2.05) is 0 Å². The average molecular weight is 739 g/mol. The first-order chi connectivity index (χ1) is 28.7. The molecule has 0 aliphatic heterocycles. The van der Waals surface area contributed by atoms with E-state index in [0.29, 0.717) is 0 Å². The third-order valence-electron chi connectivity index (χ3n) is 11.7. The van der Waals surface area contributed by atoms with Gasteiger partial charge in [-0.15, -0.1) is 0 Å². The van der Waals surface area contributed by atoms with Crippen LogP contribution in [0.15, 0.2) is 206 Å². The van der Waals surface area contributed by atoms with Crippen LogP contribution in [0, 0.1) is 0 Å². The minimum atomic E-state index is 0.871. The van der Waals surface area contributed by atoms with Crippen LogP contribution in [-0.4, -0.2) is 18.9 Å². The summed E-state index contributed by atoms with van der Waals surface area (Å²) >= 11 is 0. The molecule has 0 bridgehead atoms. The number of imidazole rings is 1. The molecular formula is C54H34N4. The number of para-hydroxylation sites is 3. The van der Waals surface area contributed by atoms with E-state index in [1.165, 1.54) is 43.8 Å². The van der Waals surface area contributed by atoms with Crippen LogP contribution in [-0.2, 0) is 0 Å². The highest BCUT2D eigenvalue weighted by atomic mass is 15.1. The topological polar surface area (TPSA) is 35.1 Å². The Morgan fingerprint density at radius 3 is 1.48 bits per heavy atom. The number of hydrogen-bond donors (Lipinski definition) is 0. The highest BCUT2D eigenvalue weighted by molar-refractivity contribution is 6.20. The van der Waals surface area contributed by atoms with Crippen molar-refractivity contribution in [2.45, 2.75) is 0 Å². The fourth-order valence-electron chi connectivity index (χ4n) is 8.91. The van der Waals surface area contributed by atoms with Crippen molar-refractivity contribution in [1.29, 1.82) is 0 Å². The number of nitrogens with zero attached hydrogens (tertiary/aromatic N) is 4. The maximum Gasteiger partial charge on any atom is 0.146 e. The molecule has 270 valence electrons. The maximum absolute atomic E-state index is 5.51. The fourth-order valence-corrected chi connectivity index (χ4v) is 8.91. The summed E-state index contributed by atoms with van der Waals surface area (Å²) in [5.41, 5.74) is 15.4. The Balaban J connectivity index is 1.12. The third-order valence-corrected chi connectivity index (χ3v) is 11.7. The van der Waals surface area contributed by atoms with Crippen molar-refractivity contribution in [3.8, 4) is 50.5 Å². The summed E-state index contributed by atoms with van der Waals surface area (Å²) in [5, 5.41) is 5.84. The van der Waals surface area contributed by atoms with Gasteiger partial charge in [0.15, 0.2) is 0 Å². The molecule has 0 aliphatic carbocycles. The van der Waals surface area contributed by atoms with Crippen LogP contribution in [0.4, 0.5) is 0 Å².